The maximum Gasteiger partial charge on any atom is 0.326 e. The number of nitrogens with one attached hydrogen (secondary N) is 2. The number of carboxylic acid groups (broad SMARTS) is 1. The fourth-order valence-electron chi connectivity index (χ4n) is 2.59. The van der Waals surface area contributed by atoms with E-state index in [2.05, 4.69) is 10.6 Å². The summed E-state index contributed by atoms with van der Waals surface area (Å²) in [5.74, 6) is -3.30. The molecule has 0 bridgehead atoms. The van der Waals surface area contributed by atoms with Gasteiger partial charge in [0.2, 0.25) is 11.8 Å². The van der Waals surface area contributed by atoms with E-state index < -0.39 is 29.8 Å². The molecule has 0 fully saturated rings. The number of benzene rings is 1. The minimum Gasteiger partial charge on any atom is -0.480 e. The van der Waals surface area contributed by atoms with Crippen LogP contribution in [0.4, 0.5) is 0 Å². The Hall–Kier alpha value is -2.90. The first-order valence-electron chi connectivity index (χ1n) is 9.27. The van der Waals surface area contributed by atoms with Gasteiger partial charge in [0.05, 0.1) is 18.6 Å². The van der Waals surface area contributed by atoms with E-state index in [0.717, 1.165) is 5.56 Å². The Morgan fingerprint density at radius 1 is 1.00 bits per heavy atom. The number of carbonyl (C=O) groups excluding carboxylic acids is 3. The molecule has 3 atom stereocenters. The smallest absolute Gasteiger partial charge is 0.326 e. The van der Waals surface area contributed by atoms with Crippen LogP contribution >= 0.6 is 0 Å². The lowest BCUT2D eigenvalue weighted by Crippen LogP contribution is -2.43. The molecular formula is C20H28N2O6. The van der Waals surface area contributed by atoms with Gasteiger partial charge in [-0.15, -0.1) is 0 Å². The summed E-state index contributed by atoms with van der Waals surface area (Å²) in [6.45, 7) is 5.23. The van der Waals surface area contributed by atoms with Crippen molar-refractivity contribution in [2.24, 2.45) is 5.92 Å². The summed E-state index contributed by atoms with van der Waals surface area (Å²) >= 11 is 0. The number of hydrogen-bond donors (Lipinski definition) is 3. The number of carboxylic acids is 1. The van der Waals surface area contributed by atoms with Crippen LogP contribution in [0, 0.1) is 5.92 Å². The monoisotopic (exact) mass is 392 g/mol. The van der Waals surface area contributed by atoms with E-state index in [9.17, 15) is 24.3 Å². The lowest BCUT2D eigenvalue weighted by atomic mass is 10.0. The van der Waals surface area contributed by atoms with Crippen molar-refractivity contribution in [1.82, 2.24) is 10.6 Å². The van der Waals surface area contributed by atoms with Crippen molar-refractivity contribution in [3.8, 4) is 0 Å². The number of amides is 2. The number of esters is 1. The zero-order valence-corrected chi connectivity index (χ0v) is 16.4. The molecule has 0 aliphatic carbocycles. The standard InChI is InChI=1S/C20H28N2O6/c1-4-28-20(27)13(2)12-16(19(25)26)22-18(24)11-10-17(23)21-14(3)15-8-6-5-7-9-15/h5-9,13-14,16H,4,10-12H2,1-3H3,(H,21,23)(H,22,24)(H,25,26)/t13-,14-,16-/m1/s1. The predicted octanol–water partition coefficient (Wildman–Crippen LogP) is 1.80. The van der Waals surface area contributed by atoms with E-state index >= 15 is 0 Å². The number of carbonyl (C=O) groups is 4. The van der Waals surface area contributed by atoms with Crippen LogP contribution in [0.15, 0.2) is 30.3 Å². The molecule has 0 radical (unpaired) electrons. The highest BCUT2D eigenvalue weighted by atomic mass is 16.5. The summed E-state index contributed by atoms with van der Waals surface area (Å²) in [6, 6.07) is 7.97. The number of rotatable bonds is 11. The maximum absolute atomic E-state index is 12.0. The van der Waals surface area contributed by atoms with E-state index in [0.29, 0.717) is 0 Å². The first-order valence-corrected chi connectivity index (χ1v) is 9.27. The Morgan fingerprint density at radius 3 is 2.11 bits per heavy atom. The Kier molecular flexibility index (Phi) is 9.70. The third kappa shape index (κ3) is 8.20. The molecule has 154 valence electrons. The molecule has 3 N–H and O–H groups in total. The van der Waals surface area contributed by atoms with Crippen LogP contribution < -0.4 is 10.6 Å². The number of aliphatic carboxylic acids is 1. The van der Waals surface area contributed by atoms with Crippen molar-refractivity contribution < 1.29 is 29.0 Å². The van der Waals surface area contributed by atoms with E-state index in [1.807, 2.05) is 37.3 Å². The second kappa shape index (κ2) is 11.7. The van der Waals surface area contributed by atoms with Gasteiger partial charge in [0, 0.05) is 12.8 Å². The third-order valence-corrected chi connectivity index (χ3v) is 4.17. The molecule has 0 heterocycles. The van der Waals surface area contributed by atoms with Crippen molar-refractivity contribution in [1.29, 1.82) is 0 Å². The Labute approximate surface area is 164 Å². The fraction of sp³-hybridized carbons (Fsp3) is 0.500. The van der Waals surface area contributed by atoms with E-state index in [-0.39, 0.29) is 37.8 Å². The molecule has 8 nitrogen and oxygen atoms in total. The van der Waals surface area contributed by atoms with Crippen LogP contribution in [0.1, 0.15) is 51.6 Å². The molecule has 0 unspecified atom stereocenters. The molecule has 0 aliphatic rings. The fourth-order valence-corrected chi connectivity index (χ4v) is 2.59. The van der Waals surface area contributed by atoms with E-state index in [1.54, 1.807) is 13.8 Å². The van der Waals surface area contributed by atoms with Crippen LogP contribution in [0.5, 0.6) is 0 Å². The normalized spacial score (nSPS) is 13.7. The van der Waals surface area contributed by atoms with E-state index in [1.165, 1.54) is 0 Å². The van der Waals surface area contributed by atoms with Gasteiger partial charge in [0.15, 0.2) is 0 Å². The molecule has 0 saturated carbocycles. The van der Waals surface area contributed by atoms with Crippen LogP contribution in [0.25, 0.3) is 0 Å². The summed E-state index contributed by atoms with van der Waals surface area (Å²) in [7, 11) is 0. The molecule has 0 saturated heterocycles. The average molecular weight is 392 g/mol. The minimum absolute atomic E-state index is 0.0667. The number of ether oxygens (including phenoxy) is 1. The van der Waals surface area contributed by atoms with Gasteiger partial charge in [-0.3, -0.25) is 14.4 Å². The van der Waals surface area contributed by atoms with Crippen molar-refractivity contribution in [2.45, 2.75) is 52.1 Å². The second-order valence-corrected chi connectivity index (χ2v) is 6.55. The van der Waals surface area contributed by atoms with Gasteiger partial charge >= 0.3 is 11.9 Å². The van der Waals surface area contributed by atoms with Gasteiger partial charge in [-0.05, 0) is 25.8 Å². The average Bonchev–Trinajstić information content (AvgIpc) is 2.66. The molecule has 1 aromatic rings. The highest BCUT2D eigenvalue weighted by Crippen LogP contribution is 2.12. The highest BCUT2D eigenvalue weighted by molar-refractivity contribution is 5.87. The highest BCUT2D eigenvalue weighted by Gasteiger charge is 2.26. The van der Waals surface area contributed by atoms with Crippen LogP contribution in [-0.2, 0) is 23.9 Å². The molecule has 8 heteroatoms. The molecular weight excluding hydrogens is 364 g/mol. The van der Waals surface area contributed by atoms with Crippen molar-refractivity contribution in [3.63, 3.8) is 0 Å². The molecule has 1 rings (SSSR count). The first kappa shape index (κ1) is 23.1. The lowest BCUT2D eigenvalue weighted by molar-refractivity contribution is -0.149. The van der Waals surface area contributed by atoms with Crippen molar-refractivity contribution in [3.05, 3.63) is 35.9 Å². The van der Waals surface area contributed by atoms with Crippen molar-refractivity contribution >= 4 is 23.8 Å². The van der Waals surface area contributed by atoms with E-state index in [4.69, 9.17) is 4.74 Å². The van der Waals surface area contributed by atoms with Gasteiger partial charge in [-0.2, -0.15) is 0 Å². The van der Waals surface area contributed by atoms with Gasteiger partial charge < -0.3 is 20.5 Å². The number of hydrogen-bond acceptors (Lipinski definition) is 5. The zero-order chi connectivity index (χ0) is 21.1. The summed E-state index contributed by atoms with van der Waals surface area (Å²) in [6.07, 6.45) is -0.301. The van der Waals surface area contributed by atoms with Crippen LogP contribution in [0.3, 0.4) is 0 Å². The van der Waals surface area contributed by atoms with Crippen LogP contribution in [-0.4, -0.2) is 41.5 Å². The zero-order valence-electron chi connectivity index (χ0n) is 16.4. The summed E-state index contributed by atoms with van der Waals surface area (Å²) in [5.41, 5.74) is 0.944. The van der Waals surface area contributed by atoms with Gasteiger partial charge in [0.1, 0.15) is 6.04 Å². The molecule has 1 aromatic carbocycles. The van der Waals surface area contributed by atoms with Crippen molar-refractivity contribution in [2.75, 3.05) is 6.61 Å². The quantitative estimate of drug-likeness (QED) is 0.494. The Balaban J connectivity index is 2.46. The molecule has 2 amide bonds. The van der Waals surface area contributed by atoms with Crippen LogP contribution in [0.2, 0.25) is 0 Å². The summed E-state index contributed by atoms with van der Waals surface area (Å²) in [5, 5.41) is 14.4. The summed E-state index contributed by atoms with van der Waals surface area (Å²) < 4.78 is 4.84. The van der Waals surface area contributed by atoms with Gasteiger partial charge in [-0.25, -0.2) is 4.79 Å². The molecule has 28 heavy (non-hydrogen) atoms. The minimum atomic E-state index is -1.24. The third-order valence-electron chi connectivity index (χ3n) is 4.17. The maximum atomic E-state index is 12.0. The summed E-state index contributed by atoms with van der Waals surface area (Å²) in [4.78, 5) is 47.0. The van der Waals surface area contributed by atoms with Gasteiger partial charge in [-0.1, -0.05) is 37.3 Å². The molecule has 0 aromatic heterocycles. The van der Waals surface area contributed by atoms with Gasteiger partial charge in [0.25, 0.3) is 0 Å². The predicted molar refractivity (Wildman–Crippen MR) is 102 cm³/mol. The molecule has 0 spiro atoms. The molecule has 0 aliphatic heterocycles. The topological polar surface area (TPSA) is 122 Å². The largest absolute Gasteiger partial charge is 0.480 e. The Bertz CT molecular complexity index is 677. The lowest BCUT2D eigenvalue weighted by Gasteiger charge is -2.18. The second-order valence-electron chi connectivity index (χ2n) is 6.55. The Morgan fingerprint density at radius 2 is 1.57 bits per heavy atom. The SMILES string of the molecule is CCOC(=O)[C@H](C)C[C@@H](NC(=O)CCC(=O)N[C@H](C)c1ccccc1)C(=O)O. The first-order chi connectivity index (χ1) is 13.2.